The molecule has 0 fully saturated rings. The van der Waals surface area contributed by atoms with Crippen LogP contribution in [0, 0.1) is 0 Å². The van der Waals surface area contributed by atoms with E-state index in [9.17, 15) is 0 Å². The van der Waals surface area contributed by atoms with E-state index in [0.717, 1.165) is 4.47 Å². The lowest BCUT2D eigenvalue weighted by Gasteiger charge is -2.18. The Morgan fingerprint density at radius 1 is 0.923 bits per heavy atom. The van der Waals surface area contributed by atoms with Gasteiger partial charge in [0.25, 0.3) is 0 Å². The number of halogens is 1. The van der Waals surface area contributed by atoms with Crippen LogP contribution >= 0.6 is 15.9 Å². The van der Waals surface area contributed by atoms with Crippen molar-refractivity contribution in [3.63, 3.8) is 0 Å². The van der Waals surface area contributed by atoms with Crippen LogP contribution in [0.25, 0.3) is 0 Å². The van der Waals surface area contributed by atoms with Crippen molar-refractivity contribution in [3.8, 4) is 0 Å². The topological polar surface area (TPSA) is 0 Å². The third kappa shape index (κ3) is 4.47. The van der Waals surface area contributed by atoms with Crippen LogP contribution in [0.5, 0.6) is 0 Å². The molecule has 0 aliphatic carbocycles. The van der Waals surface area contributed by atoms with Gasteiger partial charge in [0.1, 0.15) is 0 Å². The molecule has 1 aromatic carbocycles. The highest BCUT2D eigenvalue weighted by Crippen LogP contribution is 2.23. The second kappa shape index (κ2) is 5.43. The molecule has 13 heavy (non-hydrogen) atoms. The van der Waals surface area contributed by atoms with E-state index in [1.807, 2.05) is 13.8 Å². The second-order valence-corrected chi connectivity index (χ2v) is 4.67. The SMILES string of the molecule is CC.CC(C)(C)c1ccc(Br)cc1. The van der Waals surface area contributed by atoms with Crippen molar-refractivity contribution in [2.24, 2.45) is 0 Å². The molecule has 0 radical (unpaired) electrons. The fraction of sp³-hybridized carbons (Fsp3) is 0.500. The summed E-state index contributed by atoms with van der Waals surface area (Å²) in [5.41, 5.74) is 1.64. The third-order valence-electron chi connectivity index (χ3n) is 1.71. The molecular weight excluding hydrogens is 224 g/mol. The zero-order valence-electron chi connectivity index (χ0n) is 9.19. The Hall–Kier alpha value is -0.300. The van der Waals surface area contributed by atoms with Gasteiger partial charge in [0.05, 0.1) is 0 Å². The normalized spacial score (nSPS) is 10.3. The lowest BCUT2D eigenvalue weighted by atomic mass is 9.87. The quantitative estimate of drug-likeness (QED) is 0.615. The average molecular weight is 243 g/mol. The summed E-state index contributed by atoms with van der Waals surface area (Å²) in [7, 11) is 0. The van der Waals surface area contributed by atoms with Gasteiger partial charge in [0.2, 0.25) is 0 Å². The number of hydrogen-bond acceptors (Lipinski definition) is 0. The Morgan fingerprint density at radius 2 is 1.31 bits per heavy atom. The molecule has 0 spiro atoms. The van der Waals surface area contributed by atoms with Crippen LogP contribution in [0.1, 0.15) is 40.2 Å². The molecule has 0 atom stereocenters. The first-order chi connectivity index (χ1) is 6.00. The molecule has 0 unspecified atom stereocenters. The lowest BCUT2D eigenvalue weighted by Crippen LogP contribution is -2.10. The molecule has 0 heterocycles. The van der Waals surface area contributed by atoms with E-state index in [-0.39, 0.29) is 5.41 Å². The minimum absolute atomic E-state index is 0.265. The van der Waals surface area contributed by atoms with Gasteiger partial charge in [-0.25, -0.2) is 0 Å². The van der Waals surface area contributed by atoms with Crippen LogP contribution in [0.4, 0.5) is 0 Å². The molecule has 1 heteroatoms. The molecule has 1 aromatic rings. The van der Waals surface area contributed by atoms with E-state index in [2.05, 4.69) is 61.0 Å². The first-order valence-electron chi connectivity index (χ1n) is 4.76. The van der Waals surface area contributed by atoms with Crippen molar-refractivity contribution in [1.29, 1.82) is 0 Å². The highest BCUT2D eigenvalue weighted by atomic mass is 79.9. The van der Waals surface area contributed by atoms with Crippen molar-refractivity contribution in [2.45, 2.75) is 40.0 Å². The van der Waals surface area contributed by atoms with Gasteiger partial charge in [0, 0.05) is 4.47 Å². The minimum atomic E-state index is 0.265. The van der Waals surface area contributed by atoms with Gasteiger partial charge < -0.3 is 0 Å². The number of benzene rings is 1. The summed E-state index contributed by atoms with van der Waals surface area (Å²) in [6, 6.07) is 8.48. The summed E-state index contributed by atoms with van der Waals surface area (Å²) in [6.45, 7) is 10.7. The molecule has 74 valence electrons. The monoisotopic (exact) mass is 242 g/mol. The second-order valence-electron chi connectivity index (χ2n) is 3.76. The van der Waals surface area contributed by atoms with Gasteiger partial charge in [-0.2, -0.15) is 0 Å². The van der Waals surface area contributed by atoms with Gasteiger partial charge in [0.15, 0.2) is 0 Å². The zero-order valence-corrected chi connectivity index (χ0v) is 10.8. The van der Waals surface area contributed by atoms with Gasteiger partial charge in [-0.1, -0.05) is 62.7 Å². The zero-order chi connectivity index (χ0) is 10.5. The van der Waals surface area contributed by atoms with Crippen LogP contribution in [-0.2, 0) is 5.41 Å². The molecule has 0 nitrogen and oxygen atoms in total. The van der Waals surface area contributed by atoms with Gasteiger partial charge in [-0.3, -0.25) is 0 Å². The Kier molecular flexibility index (Phi) is 5.31. The Morgan fingerprint density at radius 3 is 1.62 bits per heavy atom. The molecular formula is C12H19Br. The van der Waals surface area contributed by atoms with Crippen LogP contribution in [0.2, 0.25) is 0 Å². The largest absolute Gasteiger partial charge is 0.0683 e. The molecule has 0 aliphatic rings. The van der Waals surface area contributed by atoms with Gasteiger partial charge in [-0.15, -0.1) is 0 Å². The highest BCUT2D eigenvalue weighted by molar-refractivity contribution is 9.10. The first kappa shape index (κ1) is 12.7. The maximum atomic E-state index is 3.41. The highest BCUT2D eigenvalue weighted by Gasteiger charge is 2.12. The van der Waals surface area contributed by atoms with E-state index in [1.54, 1.807) is 0 Å². The van der Waals surface area contributed by atoms with Crippen molar-refractivity contribution >= 4 is 15.9 Å². The Bertz CT molecular complexity index is 228. The predicted molar refractivity (Wildman–Crippen MR) is 64.2 cm³/mol. The fourth-order valence-electron chi connectivity index (χ4n) is 0.950. The minimum Gasteiger partial charge on any atom is -0.0683 e. The summed E-state index contributed by atoms with van der Waals surface area (Å²) in [6.07, 6.45) is 0. The number of rotatable bonds is 0. The molecule has 0 bridgehead atoms. The molecule has 0 saturated heterocycles. The van der Waals surface area contributed by atoms with Crippen molar-refractivity contribution in [2.75, 3.05) is 0 Å². The molecule has 0 aromatic heterocycles. The summed E-state index contributed by atoms with van der Waals surface area (Å²) in [5, 5.41) is 0. The first-order valence-corrected chi connectivity index (χ1v) is 5.55. The van der Waals surface area contributed by atoms with Gasteiger partial charge in [-0.05, 0) is 23.1 Å². The van der Waals surface area contributed by atoms with Crippen LogP contribution in [0.15, 0.2) is 28.7 Å². The van der Waals surface area contributed by atoms with Crippen molar-refractivity contribution < 1.29 is 0 Å². The third-order valence-corrected chi connectivity index (χ3v) is 2.24. The summed E-state index contributed by atoms with van der Waals surface area (Å²) in [5.74, 6) is 0. The van der Waals surface area contributed by atoms with E-state index in [4.69, 9.17) is 0 Å². The van der Waals surface area contributed by atoms with Crippen molar-refractivity contribution in [1.82, 2.24) is 0 Å². The van der Waals surface area contributed by atoms with E-state index >= 15 is 0 Å². The fourth-order valence-corrected chi connectivity index (χ4v) is 1.21. The molecule has 0 saturated carbocycles. The molecule has 0 amide bonds. The molecule has 0 aliphatic heterocycles. The summed E-state index contributed by atoms with van der Waals surface area (Å²) < 4.78 is 1.14. The maximum Gasteiger partial charge on any atom is 0.0175 e. The van der Waals surface area contributed by atoms with Crippen LogP contribution < -0.4 is 0 Å². The van der Waals surface area contributed by atoms with Crippen LogP contribution in [0.3, 0.4) is 0 Å². The summed E-state index contributed by atoms with van der Waals surface area (Å²) >= 11 is 3.41. The molecule has 1 rings (SSSR count). The number of hydrogen-bond donors (Lipinski definition) is 0. The standard InChI is InChI=1S/C10H13Br.C2H6/c1-10(2,3)8-4-6-9(11)7-5-8;1-2/h4-7H,1-3H3;1-2H3. The van der Waals surface area contributed by atoms with E-state index < -0.39 is 0 Å². The van der Waals surface area contributed by atoms with Gasteiger partial charge >= 0.3 is 0 Å². The van der Waals surface area contributed by atoms with Crippen molar-refractivity contribution in [3.05, 3.63) is 34.3 Å². The van der Waals surface area contributed by atoms with E-state index in [0.29, 0.717) is 0 Å². The Labute approximate surface area is 90.5 Å². The smallest absolute Gasteiger partial charge is 0.0175 e. The Balaban J connectivity index is 0.000000671. The average Bonchev–Trinajstić information content (AvgIpc) is 2.07. The molecule has 0 N–H and O–H groups in total. The predicted octanol–water partition coefficient (Wildman–Crippen LogP) is 4.77. The van der Waals surface area contributed by atoms with E-state index in [1.165, 1.54) is 5.56 Å². The maximum absolute atomic E-state index is 3.41. The lowest BCUT2D eigenvalue weighted by molar-refractivity contribution is 0.590. The van der Waals surface area contributed by atoms with Crippen LogP contribution in [-0.4, -0.2) is 0 Å². The summed E-state index contributed by atoms with van der Waals surface area (Å²) in [4.78, 5) is 0.